The van der Waals surface area contributed by atoms with Gasteiger partial charge in [0.1, 0.15) is 23.3 Å². The van der Waals surface area contributed by atoms with Crippen molar-refractivity contribution in [2.45, 2.75) is 86.8 Å². The molecule has 3 fully saturated rings. The summed E-state index contributed by atoms with van der Waals surface area (Å²) in [6.07, 6.45) is 8.17. The summed E-state index contributed by atoms with van der Waals surface area (Å²) in [7, 11) is -3.86. The SMILES string of the molecule is N[C@H]1CCCCC/C=C\[C@@H]2C[C@@]2(C(=O)NS(=O)(=O)C2CC2)NC(=O)[C@@H]2C[C@@H](Oc3nc4ccccc4nc3-c3cc4ccccc4o3)CN2C1=O. The van der Waals surface area contributed by atoms with Gasteiger partial charge in [0.2, 0.25) is 27.7 Å². The predicted molar refractivity (Wildman–Crippen MR) is 189 cm³/mol. The largest absolute Gasteiger partial charge is 0.471 e. The first-order valence-electron chi connectivity index (χ1n) is 17.6. The Labute approximate surface area is 295 Å². The number of allylic oxidation sites excluding steroid dienone is 1. The Morgan fingerprint density at radius 1 is 1.02 bits per heavy atom. The molecular weight excluding hydrogens is 673 g/mol. The van der Waals surface area contributed by atoms with E-state index in [1.807, 2.05) is 66.7 Å². The van der Waals surface area contributed by atoms with Gasteiger partial charge in [0.15, 0.2) is 11.5 Å². The number of benzene rings is 2. The van der Waals surface area contributed by atoms with E-state index in [0.717, 1.165) is 31.1 Å². The van der Waals surface area contributed by atoms with Gasteiger partial charge >= 0.3 is 0 Å². The van der Waals surface area contributed by atoms with E-state index in [1.165, 1.54) is 4.90 Å². The summed E-state index contributed by atoms with van der Waals surface area (Å²) < 4.78 is 40.4. The van der Waals surface area contributed by atoms with Crippen LogP contribution in [-0.2, 0) is 24.4 Å². The van der Waals surface area contributed by atoms with E-state index in [9.17, 15) is 22.8 Å². The second-order valence-corrected chi connectivity index (χ2v) is 16.1. The number of sulfonamides is 1. The molecule has 0 unspecified atom stereocenters. The molecule has 2 aromatic heterocycles. The number of aromatic nitrogens is 2. The van der Waals surface area contributed by atoms with Crippen molar-refractivity contribution < 1.29 is 32.0 Å². The minimum atomic E-state index is -3.86. The second kappa shape index (κ2) is 13.1. The molecule has 4 N–H and O–H groups in total. The molecule has 2 aliphatic carbocycles. The summed E-state index contributed by atoms with van der Waals surface area (Å²) in [6, 6.07) is 15.0. The third-order valence-electron chi connectivity index (χ3n) is 10.4. The number of fused-ring (bicyclic) bond motifs is 4. The van der Waals surface area contributed by atoms with Crippen LogP contribution in [-0.4, -0.2) is 76.5 Å². The lowest BCUT2D eigenvalue weighted by molar-refractivity contribution is -0.140. The number of ether oxygens (including phenoxy) is 1. The molecule has 13 nitrogen and oxygen atoms in total. The van der Waals surface area contributed by atoms with E-state index in [4.69, 9.17) is 24.9 Å². The van der Waals surface area contributed by atoms with Gasteiger partial charge in [-0.1, -0.05) is 55.3 Å². The number of nitrogens with one attached hydrogen (secondary N) is 2. The van der Waals surface area contributed by atoms with Crippen LogP contribution in [0.4, 0.5) is 0 Å². The van der Waals surface area contributed by atoms with Crippen molar-refractivity contribution in [1.82, 2.24) is 24.9 Å². The Kier molecular flexibility index (Phi) is 8.53. The molecule has 4 aromatic rings. The summed E-state index contributed by atoms with van der Waals surface area (Å²) in [5, 5.41) is 3.17. The van der Waals surface area contributed by atoms with E-state index >= 15 is 0 Å². The number of amides is 3. The highest BCUT2D eigenvalue weighted by Crippen LogP contribution is 2.46. The van der Waals surface area contributed by atoms with Gasteiger partial charge in [0.05, 0.1) is 28.9 Å². The standard InChI is InChI=1S/C37H40N6O7S/c38-26-12-5-3-1-2-4-11-23-20-37(23,36(46)42-51(47,48)25-16-17-25)41-33(44)29-19-24(21-43(29)35(26)45)49-34-32(39-27-13-7-8-14-28(27)40-34)31-18-22-10-6-9-15-30(22)50-31/h4,6-11,13-15,18,23-26,29H,1-3,5,12,16-17,19-21,38H2,(H,41,44)(H,42,46)/b11-4-/t23-,24-,26+,29+,37-/m1/s1. The summed E-state index contributed by atoms with van der Waals surface area (Å²) in [4.78, 5) is 52.8. The summed E-state index contributed by atoms with van der Waals surface area (Å²) in [5.74, 6) is -1.47. The maximum atomic E-state index is 14.2. The lowest BCUT2D eigenvalue weighted by Gasteiger charge is -2.28. The predicted octanol–water partition coefficient (Wildman–Crippen LogP) is 3.72. The van der Waals surface area contributed by atoms with E-state index in [0.29, 0.717) is 47.3 Å². The number of carbonyl (C=O) groups excluding carboxylic acids is 3. The first-order chi connectivity index (χ1) is 24.6. The fraction of sp³-hybridized carbons (Fsp3) is 0.432. The molecule has 14 heteroatoms. The van der Waals surface area contributed by atoms with Crippen molar-refractivity contribution in [1.29, 1.82) is 0 Å². The minimum Gasteiger partial charge on any atom is -0.471 e. The molecule has 2 aromatic carbocycles. The van der Waals surface area contributed by atoms with Crippen molar-refractivity contribution in [3.8, 4) is 17.3 Å². The summed E-state index contributed by atoms with van der Waals surface area (Å²) in [6.45, 7) is 0.0390. The van der Waals surface area contributed by atoms with Crippen LogP contribution in [0, 0.1) is 5.92 Å². The van der Waals surface area contributed by atoms with Crippen LogP contribution in [0.2, 0.25) is 0 Å². The zero-order chi connectivity index (χ0) is 35.3. The lowest BCUT2D eigenvalue weighted by atomic mass is 10.1. The van der Waals surface area contributed by atoms with Crippen LogP contribution in [0.5, 0.6) is 5.88 Å². The van der Waals surface area contributed by atoms with Gasteiger partial charge in [-0.25, -0.2) is 18.4 Å². The maximum absolute atomic E-state index is 14.2. The highest BCUT2D eigenvalue weighted by Gasteiger charge is 2.62. The van der Waals surface area contributed by atoms with Crippen LogP contribution in [0.3, 0.4) is 0 Å². The molecule has 1 saturated heterocycles. The fourth-order valence-corrected chi connectivity index (χ4v) is 8.59. The van der Waals surface area contributed by atoms with E-state index in [1.54, 1.807) is 0 Å². The average molecular weight is 713 g/mol. The van der Waals surface area contributed by atoms with Gasteiger partial charge in [-0.3, -0.25) is 19.1 Å². The van der Waals surface area contributed by atoms with Crippen LogP contribution in [0.25, 0.3) is 33.5 Å². The highest BCUT2D eigenvalue weighted by molar-refractivity contribution is 7.91. The molecule has 4 heterocycles. The highest BCUT2D eigenvalue weighted by atomic mass is 32.2. The number of para-hydroxylation sites is 3. The van der Waals surface area contributed by atoms with Crippen LogP contribution in [0.15, 0.2) is 71.2 Å². The number of furan rings is 1. The summed E-state index contributed by atoms with van der Waals surface area (Å²) >= 11 is 0. The Hall–Kier alpha value is -4.82. The smallest absolute Gasteiger partial charge is 0.259 e. The van der Waals surface area contributed by atoms with Crippen molar-refractivity contribution in [2.75, 3.05) is 6.54 Å². The molecule has 4 aliphatic rings. The first-order valence-corrected chi connectivity index (χ1v) is 19.2. The molecule has 8 rings (SSSR count). The minimum absolute atomic E-state index is 0.0390. The third kappa shape index (κ3) is 6.58. The molecule has 5 atom stereocenters. The number of nitrogens with zero attached hydrogens (tertiary/aromatic N) is 3. The Balaban J connectivity index is 1.11. The monoisotopic (exact) mass is 712 g/mol. The molecule has 2 aliphatic heterocycles. The number of carbonyl (C=O) groups is 3. The molecule has 3 amide bonds. The summed E-state index contributed by atoms with van der Waals surface area (Å²) in [5.41, 5.74) is 7.26. The van der Waals surface area contributed by atoms with Crippen molar-refractivity contribution >= 4 is 49.7 Å². The van der Waals surface area contributed by atoms with Gasteiger partial charge in [-0.15, -0.1) is 0 Å². The molecule has 51 heavy (non-hydrogen) atoms. The number of nitrogens with two attached hydrogens (primary N) is 1. The fourth-order valence-electron chi connectivity index (χ4n) is 7.23. The topological polar surface area (TPSA) is 187 Å². The number of rotatable bonds is 6. The lowest BCUT2D eigenvalue weighted by Crippen LogP contribution is -2.57. The zero-order valence-corrected chi connectivity index (χ0v) is 28.8. The molecule has 0 radical (unpaired) electrons. The quantitative estimate of drug-likeness (QED) is 0.249. The van der Waals surface area contributed by atoms with Gasteiger partial charge in [0, 0.05) is 17.7 Å². The van der Waals surface area contributed by atoms with Gasteiger partial charge < -0.3 is 25.1 Å². The normalized spacial score (nSPS) is 27.9. The van der Waals surface area contributed by atoms with Crippen molar-refractivity contribution in [3.63, 3.8) is 0 Å². The van der Waals surface area contributed by atoms with Crippen LogP contribution in [0.1, 0.15) is 57.8 Å². The van der Waals surface area contributed by atoms with E-state index in [-0.39, 0.29) is 31.2 Å². The first kappa shape index (κ1) is 33.3. The average Bonchev–Trinajstić information content (AvgIpc) is 4.01. The Morgan fingerprint density at radius 3 is 2.57 bits per heavy atom. The van der Waals surface area contributed by atoms with Crippen molar-refractivity contribution in [3.05, 3.63) is 66.7 Å². The maximum Gasteiger partial charge on any atom is 0.259 e. The number of hydrogen-bond acceptors (Lipinski definition) is 10. The van der Waals surface area contributed by atoms with Gasteiger partial charge in [0.25, 0.3) is 5.91 Å². The van der Waals surface area contributed by atoms with E-state index in [2.05, 4.69) is 10.0 Å². The van der Waals surface area contributed by atoms with Gasteiger partial charge in [-0.2, -0.15) is 0 Å². The Bertz CT molecular complexity index is 2130. The molecular formula is C37H40N6O7S. The number of hydrogen-bond donors (Lipinski definition) is 3. The molecule has 0 spiro atoms. The van der Waals surface area contributed by atoms with Crippen LogP contribution < -0.4 is 20.5 Å². The molecule has 2 saturated carbocycles. The zero-order valence-electron chi connectivity index (χ0n) is 28.0. The van der Waals surface area contributed by atoms with Gasteiger partial charge in [-0.05, 0) is 62.8 Å². The van der Waals surface area contributed by atoms with E-state index < -0.39 is 56.7 Å². The van der Waals surface area contributed by atoms with Crippen molar-refractivity contribution in [2.24, 2.45) is 11.7 Å². The molecule has 0 bridgehead atoms. The third-order valence-corrected chi connectivity index (χ3v) is 12.2. The Morgan fingerprint density at radius 2 is 1.78 bits per heavy atom. The van der Waals surface area contributed by atoms with Crippen LogP contribution >= 0.6 is 0 Å². The molecule has 266 valence electrons. The second-order valence-electron chi connectivity index (χ2n) is 14.1.